The molecular formula is C14H23N3S. The average Bonchev–Trinajstić information content (AvgIpc) is 2.93. The molecule has 1 saturated carbocycles. The molecule has 1 saturated heterocycles. The Morgan fingerprint density at radius 1 is 1.33 bits per heavy atom. The summed E-state index contributed by atoms with van der Waals surface area (Å²) in [7, 11) is 0. The van der Waals surface area contributed by atoms with Gasteiger partial charge in [-0.1, -0.05) is 19.3 Å². The van der Waals surface area contributed by atoms with Crippen LogP contribution >= 0.6 is 11.3 Å². The van der Waals surface area contributed by atoms with E-state index in [1.165, 1.54) is 50.2 Å². The smallest absolute Gasteiger partial charge is 0.107 e. The van der Waals surface area contributed by atoms with Crippen molar-refractivity contribution in [2.24, 2.45) is 5.92 Å². The van der Waals surface area contributed by atoms with E-state index in [2.05, 4.69) is 20.6 Å². The van der Waals surface area contributed by atoms with Gasteiger partial charge in [0.2, 0.25) is 0 Å². The lowest BCUT2D eigenvalue weighted by molar-refractivity contribution is 0.141. The van der Waals surface area contributed by atoms with Crippen molar-refractivity contribution >= 4 is 11.3 Å². The quantitative estimate of drug-likeness (QED) is 0.910. The first-order chi connectivity index (χ1) is 8.92. The fourth-order valence-electron chi connectivity index (χ4n) is 3.36. The fourth-order valence-corrected chi connectivity index (χ4v) is 4.02. The normalized spacial score (nSPS) is 27.4. The van der Waals surface area contributed by atoms with Crippen LogP contribution in [0.3, 0.4) is 0 Å². The van der Waals surface area contributed by atoms with Crippen molar-refractivity contribution in [3.8, 4) is 0 Å². The molecule has 1 N–H and O–H groups in total. The highest BCUT2D eigenvalue weighted by molar-refractivity contribution is 7.09. The molecule has 1 unspecified atom stereocenters. The maximum Gasteiger partial charge on any atom is 0.107 e. The number of piperazine rings is 1. The summed E-state index contributed by atoms with van der Waals surface area (Å²) >= 11 is 1.78. The molecular weight excluding hydrogens is 242 g/mol. The number of nitrogens with zero attached hydrogens (tertiary/aromatic N) is 2. The van der Waals surface area contributed by atoms with Crippen molar-refractivity contribution < 1.29 is 0 Å². The third kappa shape index (κ3) is 3.11. The minimum Gasteiger partial charge on any atom is -0.311 e. The van der Waals surface area contributed by atoms with Gasteiger partial charge in [-0.05, 0) is 18.8 Å². The van der Waals surface area contributed by atoms with Crippen LogP contribution in [0.4, 0.5) is 0 Å². The highest BCUT2D eigenvalue weighted by Crippen LogP contribution is 2.28. The van der Waals surface area contributed by atoms with Crippen LogP contribution in [0.25, 0.3) is 0 Å². The molecule has 0 bridgehead atoms. The molecule has 0 aromatic carbocycles. The highest BCUT2D eigenvalue weighted by Gasteiger charge is 2.28. The average molecular weight is 265 g/mol. The molecule has 2 heterocycles. The minimum atomic E-state index is 0.721. The van der Waals surface area contributed by atoms with Crippen molar-refractivity contribution in [3.63, 3.8) is 0 Å². The van der Waals surface area contributed by atoms with E-state index < -0.39 is 0 Å². The zero-order valence-electron chi connectivity index (χ0n) is 11.0. The van der Waals surface area contributed by atoms with E-state index in [0.29, 0.717) is 0 Å². The molecule has 1 aromatic heterocycles. The summed E-state index contributed by atoms with van der Waals surface area (Å²) in [5, 5.41) is 7.08. The Labute approximate surface area is 114 Å². The molecule has 0 spiro atoms. The summed E-state index contributed by atoms with van der Waals surface area (Å²) in [6.45, 7) is 4.57. The van der Waals surface area contributed by atoms with Gasteiger partial charge < -0.3 is 5.32 Å². The topological polar surface area (TPSA) is 28.2 Å². The summed E-state index contributed by atoms with van der Waals surface area (Å²) in [4.78, 5) is 6.98. The Bertz CT molecular complexity index is 346. The molecule has 2 aliphatic rings. The van der Waals surface area contributed by atoms with Crippen LogP contribution in [-0.2, 0) is 6.54 Å². The Morgan fingerprint density at radius 2 is 2.22 bits per heavy atom. The molecule has 1 aliphatic carbocycles. The van der Waals surface area contributed by atoms with E-state index in [1.54, 1.807) is 11.3 Å². The lowest BCUT2D eigenvalue weighted by atomic mass is 9.83. The van der Waals surface area contributed by atoms with E-state index >= 15 is 0 Å². The van der Waals surface area contributed by atoms with Gasteiger partial charge in [-0.25, -0.2) is 4.98 Å². The van der Waals surface area contributed by atoms with Gasteiger partial charge in [0, 0.05) is 37.3 Å². The molecule has 2 fully saturated rings. The van der Waals surface area contributed by atoms with E-state index in [1.807, 2.05) is 6.20 Å². The molecule has 3 nitrogen and oxygen atoms in total. The minimum absolute atomic E-state index is 0.721. The van der Waals surface area contributed by atoms with Crippen molar-refractivity contribution in [1.29, 1.82) is 0 Å². The van der Waals surface area contributed by atoms with Crippen LogP contribution in [0.15, 0.2) is 11.6 Å². The van der Waals surface area contributed by atoms with Gasteiger partial charge in [0.1, 0.15) is 5.01 Å². The van der Waals surface area contributed by atoms with Crippen LogP contribution in [0.2, 0.25) is 0 Å². The molecule has 100 valence electrons. The first-order valence-electron chi connectivity index (χ1n) is 7.26. The molecule has 0 amide bonds. The number of rotatable bonds is 3. The summed E-state index contributed by atoms with van der Waals surface area (Å²) in [6.07, 6.45) is 9.11. The standard InChI is InChI=1S/C14H23N3S/c1-2-4-12(5-3-1)13-10-17(8-6-15-13)11-14-16-7-9-18-14/h7,9,12-13,15H,1-6,8,10-11H2. The molecule has 4 heteroatoms. The maximum atomic E-state index is 4.40. The number of thiazole rings is 1. The monoisotopic (exact) mass is 265 g/mol. The Morgan fingerprint density at radius 3 is 3.00 bits per heavy atom. The molecule has 1 atom stereocenters. The second kappa shape index (κ2) is 6.13. The van der Waals surface area contributed by atoms with Crippen LogP contribution in [0.5, 0.6) is 0 Å². The predicted molar refractivity (Wildman–Crippen MR) is 75.8 cm³/mol. The van der Waals surface area contributed by atoms with Crippen LogP contribution in [0, 0.1) is 5.92 Å². The zero-order chi connectivity index (χ0) is 12.2. The van der Waals surface area contributed by atoms with Crippen LogP contribution in [-0.4, -0.2) is 35.6 Å². The second-order valence-corrected chi connectivity index (χ2v) is 6.60. The van der Waals surface area contributed by atoms with Crippen LogP contribution < -0.4 is 5.32 Å². The molecule has 1 aliphatic heterocycles. The third-order valence-corrected chi connectivity index (χ3v) is 5.12. The van der Waals surface area contributed by atoms with Gasteiger partial charge >= 0.3 is 0 Å². The predicted octanol–water partition coefficient (Wildman–Crippen LogP) is 2.50. The van der Waals surface area contributed by atoms with Gasteiger partial charge in [0.25, 0.3) is 0 Å². The number of hydrogen-bond donors (Lipinski definition) is 1. The van der Waals surface area contributed by atoms with Crippen molar-refractivity contribution in [1.82, 2.24) is 15.2 Å². The molecule has 18 heavy (non-hydrogen) atoms. The van der Waals surface area contributed by atoms with E-state index in [-0.39, 0.29) is 0 Å². The van der Waals surface area contributed by atoms with Crippen molar-refractivity contribution in [2.75, 3.05) is 19.6 Å². The first-order valence-corrected chi connectivity index (χ1v) is 8.14. The SMILES string of the molecule is c1csc(CN2CCNC(C3CCCCC3)C2)n1. The highest BCUT2D eigenvalue weighted by atomic mass is 32.1. The Kier molecular flexibility index (Phi) is 4.28. The van der Waals surface area contributed by atoms with Gasteiger partial charge in [-0.15, -0.1) is 11.3 Å². The lowest BCUT2D eigenvalue weighted by Crippen LogP contribution is -2.53. The number of hydrogen-bond acceptors (Lipinski definition) is 4. The summed E-state index contributed by atoms with van der Waals surface area (Å²) in [5.74, 6) is 0.915. The molecule has 3 rings (SSSR count). The molecule has 0 radical (unpaired) electrons. The summed E-state index contributed by atoms with van der Waals surface area (Å²) in [6, 6.07) is 0.721. The van der Waals surface area contributed by atoms with Gasteiger partial charge in [0.05, 0.1) is 6.54 Å². The van der Waals surface area contributed by atoms with Gasteiger partial charge in [0.15, 0.2) is 0 Å². The van der Waals surface area contributed by atoms with E-state index in [4.69, 9.17) is 0 Å². The van der Waals surface area contributed by atoms with Crippen LogP contribution in [0.1, 0.15) is 37.1 Å². The summed E-state index contributed by atoms with van der Waals surface area (Å²) < 4.78 is 0. The van der Waals surface area contributed by atoms with Crippen molar-refractivity contribution in [3.05, 3.63) is 16.6 Å². The van der Waals surface area contributed by atoms with E-state index in [9.17, 15) is 0 Å². The largest absolute Gasteiger partial charge is 0.311 e. The summed E-state index contributed by atoms with van der Waals surface area (Å²) in [5.41, 5.74) is 0. The maximum absolute atomic E-state index is 4.40. The van der Waals surface area contributed by atoms with Crippen molar-refractivity contribution in [2.45, 2.75) is 44.7 Å². The third-order valence-electron chi connectivity index (χ3n) is 4.35. The lowest BCUT2D eigenvalue weighted by Gasteiger charge is -2.39. The Hall–Kier alpha value is -0.450. The first kappa shape index (κ1) is 12.6. The second-order valence-electron chi connectivity index (χ2n) is 5.62. The number of nitrogens with one attached hydrogen (secondary N) is 1. The van der Waals surface area contributed by atoms with E-state index in [0.717, 1.165) is 25.0 Å². The number of aromatic nitrogens is 1. The Balaban J connectivity index is 1.54. The zero-order valence-corrected chi connectivity index (χ0v) is 11.8. The fraction of sp³-hybridized carbons (Fsp3) is 0.786. The molecule has 1 aromatic rings. The van der Waals surface area contributed by atoms with Gasteiger partial charge in [-0.2, -0.15) is 0 Å². The van der Waals surface area contributed by atoms with Gasteiger partial charge in [-0.3, -0.25) is 4.90 Å².